The zero-order valence-corrected chi connectivity index (χ0v) is 21.3. The molecule has 168 valence electrons. The molecule has 0 N–H and O–H groups in total. The highest BCUT2D eigenvalue weighted by Crippen LogP contribution is 2.39. The molecule has 1 aromatic heterocycles. The Morgan fingerprint density at radius 3 is 2.62 bits per heavy atom. The van der Waals surface area contributed by atoms with Crippen LogP contribution in [-0.2, 0) is 6.54 Å². The third-order valence-electron chi connectivity index (χ3n) is 5.22. The van der Waals surface area contributed by atoms with Crippen LogP contribution in [0.5, 0.6) is 0 Å². The Morgan fingerprint density at radius 2 is 1.97 bits per heavy atom. The molecule has 0 unspecified atom stereocenters. The zero-order valence-electron chi connectivity index (χ0n) is 18.8. The van der Waals surface area contributed by atoms with Crippen molar-refractivity contribution in [3.05, 3.63) is 81.3 Å². The molecule has 0 amide bonds. The summed E-state index contributed by atoms with van der Waals surface area (Å²) in [7, 11) is 3.89. The second-order valence-corrected chi connectivity index (χ2v) is 8.97. The molecular weight excluding hydrogens is 458 g/mol. The van der Waals surface area contributed by atoms with Gasteiger partial charge in [0, 0.05) is 42.3 Å². The van der Waals surface area contributed by atoms with Gasteiger partial charge in [0.1, 0.15) is 5.69 Å². The molecule has 2 heterocycles. The fraction of sp³-hybridized carbons (Fsp3) is 0.320. The molecule has 2 aromatic rings. The molecule has 0 saturated heterocycles. The first-order valence-corrected chi connectivity index (χ1v) is 12.1. The van der Waals surface area contributed by atoms with E-state index in [-0.39, 0.29) is 0 Å². The van der Waals surface area contributed by atoms with Gasteiger partial charge in [0.2, 0.25) is 0 Å². The van der Waals surface area contributed by atoms with Crippen LogP contribution >= 0.6 is 32.1 Å². The summed E-state index contributed by atoms with van der Waals surface area (Å²) in [6.45, 7) is 12.9. The van der Waals surface area contributed by atoms with Crippen LogP contribution in [0.3, 0.4) is 0 Å². The van der Waals surface area contributed by atoms with Gasteiger partial charge in [-0.1, -0.05) is 49.2 Å². The summed E-state index contributed by atoms with van der Waals surface area (Å²) in [5.74, 6) is 0. The lowest BCUT2D eigenvalue weighted by molar-refractivity contribution is 0.458. The van der Waals surface area contributed by atoms with Crippen molar-refractivity contribution in [3.63, 3.8) is 0 Å². The van der Waals surface area contributed by atoms with Crippen LogP contribution in [0.2, 0.25) is 10.0 Å². The van der Waals surface area contributed by atoms with E-state index >= 15 is 0 Å². The lowest BCUT2D eigenvalue weighted by Crippen LogP contribution is -2.30. The lowest BCUT2D eigenvalue weighted by atomic mass is 9.90. The van der Waals surface area contributed by atoms with Gasteiger partial charge in [-0.3, -0.25) is 9.67 Å². The van der Waals surface area contributed by atoms with Crippen molar-refractivity contribution in [3.8, 4) is 0 Å². The van der Waals surface area contributed by atoms with Gasteiger partial charge in [-0.2, -0.15) is 5.10 Å². The molecule has 0 spiro atoms. The fourth-order valence-electron chi connectivity index (χ4n) is 3.81. The molecule has 0 saturated carbocycles. The van der Waals surface area contributed by atoms with E-state index in [4.69, 9.17) is 23.2 Å². The number of rotatable bonds is 9. The minimum absolute atomic E-state index is 0.534. The number of hydrogen-bond donors (Lipinski definition) is 0. The van der Waals surface area contributed by atoms with Crippen LogP contribution in [0.15, 0.2) is 65.0 Å². The molecule has 3 rings (SSSR count). The molecule has 32 heavy (non-hydrogen) atoms. The van der Waals surface area contributed by atoms with Gasteiger partial charge in [0.05, 0.1) is 22.3 Å². The van der Waals surface area contributed by atoms with Crippen molar-refractivity contribution in [2.24, 2.45) is 4.99 Å². The third-order valence-corrected chi connectivity index (χ3v) is 6.46. The fourth-order valence-corrected chi connectivity index (χ4v) is 4.64. The molecule has 0 radical (unpaired) electrons. The maximum atomic E-state index is 6.40. The molecule has 1 aliphatic heterocycles. The Balaban J connectivity index is 2.06. The molecule has 0 fully saturated rings. The van der Waals surface area contributed by atoms with Crippen molar-refractivity contribution in [1.82, 2.24) is 14.7 Å². The minimum Gasteiger partial charge on any atom is -0.343 e. The standard InChI is InChI=1S/C25H29Cl2N4P/c1-5-8-23(32)24-17(4)13-20(16-30-12-11-19(29-30)15-28-6-2)31(7-3)25(24)18-9-10-21(26)22(27)14-18/h9-15,32H,4-8,16H2,1-3H3. The molecule has 0 atom stereocenters. The Kier molecular flexibility index (Phi) is 8.53. The number of halogens is 2. The van der Waals surface area contributed by atoms with Gasteiger partial charge in [-0.05, 0) is 55.4 Å². The van der Waals surface area contributed by atoms with Crippen molar-refractivity contribution in [1.29, 1.82) is 0 Å². The minimum atomic E-state index is 0.534. The van der Waals surface area contributed by atoms with Crippen LogP contribution in [0, 0.1) is 0 Å². The van der Waals surface area contributed by atoms with E-state index < -0.39 is 0 Å². The summed E-state index contributed by atoms with van der Waals surface area (Å²) in [6, 6.07) is 7.76. The number of aromatic nitrogens is 2. The number of likely N-dealkylation sites (N-methyl/N-ethyl adjacent to an activating group) is 1. The van der Waals surface area contributed by atoms with Crippen molar-refractivity contribution in [2.75, 3.05) is 13.1 Å². The highest BCUT2D eigenvalue weighted by molar-refractivity contribution is 7.22. The average Bonchev–Trinajstić information content (AvgIpc) is 3.21. The van der Waals surface area contributed by atoms with Crippen LogP contribution < -0.4 is 0 Å². The van der Waals surface area contributed by atoms with E-state index in [1.165, 1.54) is 0 Å². The van der Waals surface area contributed by atoms with Crippen LogP contribution in [0.25, 0.3) is 5.70 Å². The Bertz CT molecular complexity index is 1110. The van der Waals surface area contributed by atoms with E-state index in [1.54, 1.807) is 6.21 Å². The smallest absolute Gasteiger partial charge is 0.103 e. The van der Waals surface area contributed by atoms with E-state index in [9.17, 15) is 0 Å². The summed E-state index contributed by atoms with van der Waals surface area (Å²) in [6.07, 6.45) is 7.89. The molecule has 7 heteroatoms. The predicted octanol–water partition coefficient (Wildman–Crippen LogP) is 6.93. The zero-order chi connectivity index (χ0) is 23.3. The average molecular weight is 487 g/mol. The van der Waals surface area contributed by atoms with Crippen molar-refractivity contribution in [2.45, 2.75) is 40.2 Å². The van der Waals surface area contributed by atoms with Gasteiger partial charge in [0.25, 0.3) is 0 Å². The lowest BCUT2D eigenvalue weighted by Gasteiger charge is -2.36. The van der Waals surface area contributed by atoms with Gasteiger partial charge >= 0.3 is 0 Å². The number of nitrogens with zero attached hydrogens (tertiary/aromatic N) is 4. The molecule has 1 aliphatic rings. The third kappa shape index (κ3) is 5.43. The molecular formula is C25H29Cl2N4P. The predicted molar refractivity (Wildman–Crippen MR) is 142 cm³/mol. The summed E-state index contributed by atoms with van der Waals surface area (Å²) in [4.78, 5) is 6.59. The topological polar surface area (TPSA) is 33.4 Å². The van der Waals surface area contributed by atoms with E-state index in [1.807, 2.05) is 42.1 Å². The summed E-state index contributed by atoms with van der Waals surface area (Å²) in [5, 5.41) is 6.85. The van der Waals surface area contributed by atoms with E-state index in [2.05, 4.69) is 50.4 Å². The summed E-state index contributed by atoms with van der Waals surface area (Å²) >= 11 is 12.6. The Labute approximate surface area is 203 Å². The quantitative estimate of drug-likeness (QED) is 0.284. The maximum Gasteiger partial charge on any atom is 0.103 e. The summed E-state index contributed by atoms with van der Waals surface area (Å²) in [5.41, 5.74) is 6.11. The van der Waals surface area contributed by atoms with Gasteiger partial charge in [0.15, 0.2) is 0 Å². The number of hydrogen-bond acceptors (Lipinski definition) is 3. The Hall–Kier alpha value is -2.13. The highest BCUT2D eigenvalue weighted by Gasteiger charge is 2.27. The molecule has 4 nitrogen and oxygen atoms in total. The maximum absolute atomic E-state index is 6.40. The molecule has 0 aliphatic carbocycles. The second-order valence-electron chi connectivity index (χ2n) is 7.55. The summed E-state index contributed by atoms with van der Waals surface area (Å²) < 4.78 is 1.93. The highest BCUT2D eigenvalue weighted by atomic mass is 35.5. The first kappa shape index (κ1) is 24.5. The number of aliphatic imine (C=N–C) groups is 1. The number of benzene rings is 1. The second kappa shape index (κ2) is 11.1. The van der Waals surface area contributed by atoms with E-state index in [0.717, 1.165) is 65.0 Å². The largest absolute Gasteiger partial charge is 0.343 e. The SMILES string of the molecule is C=C1C=C(Cn2ccc(C=NCC)n2)N(CC)C(c2ccc(Cl)c(Cl)c2)=C1C(=P)CCC. The van der Waals surface area contributed by atoms with Crippen LogP contribution in [-0.4, -0.2) is 39.3 Å². The van der Waals surface area contributed by atoms with Gasteiger partial charge < -0.3 is 4.90 Å². The normalized spacial score (nSPS) is 14.5. The van der Waals surface area contributed by atoms with E-state index in [0.29, 0.717) is 16.6 Å². The van der Waals surface area contributed by atoms with Crippen LogP contribution in [0.1, 0.15) is 44.9 Å². The number of allylic oxidation sites excluding steroid dienone is 4. The van der Waals surface area contributed by atoms with Gasteiger partial charge in [-0.25, -0.2) is 0 Å². The molecule has 0 bridgehead atoms. The van der Waals surface area contributed by atoms with Crippen molar-refractivity contribution < 1.29 is 0 Å². The van der Waals surface area contributed by atoms with Gasteiger partial charge in [-0.15, -0.1) is 8.86 Å². The first-order valence-electron chi connectivity index (χ1n) is 10.9. The monoisotopic (exact) mass is 486 g/mol. The van der Waals surface area contributed by atoms with Crippen molar-refractivity contribution >= 4 is 49.3 Å². The van der Waals surface area contributed by atoms with Crippen LogP contribution in [0.4, 0.5) is 0 Å². The molecule has 1 aromatic carbocycles. The first-order chi connectivity index (χ1) is 15.4. The Morgan fingerprint density at radius 1 is 1.19 bits per heavy atom.